The first-order valence-electron chi connectivity index (χ1n) is 13.1. The molecule has 0 radical (unpaired) electrons. The number of nitrogens with zero attached hydrogens (tertiary/aromatic N) is 2. The predicted octanol–water partition coefficient (Wildman–Crippen LogP) is 4.88. The maximum Gasteiger partial charge on any atom is 0.261 e. The van der Waals surface area contributed by atoms with E-state index < -0.39 is 6.04 Å². The lowest BCUT2D eigenvalue weighted by molar-refractivity contribution is -0.141. The molecule has 39 heavy (non-hydrogen) atoms. The molecule has 0 bridgehead atoms. The van der Waals surface area contributed by atoms with Crippen molar-refractivity contribution in [2.75, 3.05) is 6.54 Å². The molecule has 3 aromatic rings. The average Bonchev–Trinajstić information content (AvgIpc) is 3.16. The largest absolute Gasteiger partial charge is 0.352 e. The van der Waals surface area contributed by atoms with E-state index in [1.165, 1.54) is 4.90 Å². The molecule has 202 valence electrons. The highest BCUT2D eigenvalue weighted by Gasteiger charge is 2.35. The molecule has 1 N–H and O–H groups in total. The summed E-state index contributed by atoms with van der Waals surface area (Å²) in [6.45, 7) is 4.01. The molecule has 8 heteroatoms. The van der Waals surface area contributed by atoms with Gasteiger partial charge in [0.2, 0.25) is 11.8 Å². The van der Waals surface area contributed by atoms with Gasteiger partial charge in [-0.25, -0.2) is 0 Å². The highest BCUT2D eigenvalue weighted by Crippen LogP contribution is 2.24. The molecular weight excluding hydrogens is 514 g/mol. The van der Waals surface area contributed by atoms with Crippen LogP contribution in [-0.4, -0.2) is 52.1 Å². The maximum atomic E-state index is 13.8. The van der Waals surface area contributed by atoms with Crippen LogP contribution < -0.4 is 5.32 Å². The number of nitrogens with one attached hydrogen (secondary N) is 1. The smallest absolute Gasteiger partial charge is 0.261 e. The molecule has 0 aliphatic carbocycles. The molecule has 0 saturated heterocycles. The number of benzene rings is 3. The fourth-order valence-electron chi connectivity index (χ4n) is 4.72. The van der Waals surface area contributed by atoms with Gasteiger partial charge in [-0.15, -0.1) is 0 Å². The van der Waals surface area contributed by atoms with Gasteiger partial charge in [0, 0.05) is 37.0 Å². The predicted molar refractivity (Wildman–Crippen MR) is 150 cm³/mol. The third-order valence-electron chi connectivity index (χ3n) is 6.65. The Balaban J connectivity index is 1.55. The monoisotopic (exact) mass is 545 g/mol. The van der Waals surface area contributed by atoms with Crippen molar-refractivity contribution in [2.45, 2.75) is 51.7 Å². The summed E-state index contributed by atoms with van der Waals surface area (Å²) in [5, 5.41) is 3.46. The topological polar surface area (TPSA) is 86.8 Å². The molecule has 3 aromatic carbocycles. The van der Waals surface area contributed by atoms with Gasteiger partial charge >= 0.3 is 0 Å². The van der Waals surface area contributed by atoms with E-state index in [1.807, 2.05) is 62.4 Å². The van der Waals surface area contributed by atoms with Crippen LogP contribution in [0.2, 0.25) is 5.02 Å². The van der Waals surface area contributed by atoms with Crippen molar-refractivity contribution >= 4 is 35.2 Å². The minimum atomic E-state index is -0.780. The molecule has 1 aliphatic rings. The van der Waals surface area contributed by atoms with E-state index in [2.05, 4.69) is 5.32 Å². The average molecular weight is 546 g/mol. The quantitative estimate of drug-likeness (QED) is 0.348. The van der Waals surface area contributed by atoms with Gasteiger partial charge in [0.05, 0.1) is 11.1 Å². The van der Waals surface area contributed by atoms with Crippen LogP contribution in [0.4, 0.5) is 0 Å². The molecule has 1 unspecified atom stereocenters. The molecule has 0 spiro atoms. The maximum absolute atomic E-state index is 13.8. The van der Waals surface area contributed by atoms with Crippen molar-refractivity contribution in [1.29, 1.82) is 0 Å². The van der Waals surface area contributed by atoms with Crippen LogP contribution in [0, 0.1) is 0 Å². The number of rotatable bonds is 11. The number of carbonyl (C=O) groups excluding carboxylic acids is 4. The number of carbonyl (C=O) groups is 4. The Bertz CT molecular complexity index is 1320. The van der Waals surface area contributed by atoms with Crippen LogP contribution in [0.1, 0.15) is 58.5 Å². The summed E-state index contributed by atoms with van der Waals surface area (Å²) in [4.78, 5) is 55.4. The van der Waals surface area contributed by atoms with Crippen molar-refractivity contribution < 1.29 is 19.2 Å². The van der Waals surface area contributed by atoms with Crippen molar-refractivity contribution in [3.05, 3.63) is 106 Å². The van der Waals surface area contributed by atoms with E-state index in [4.69, 9.17) is 11.6 Å². The zero-order valence-electron chi connectivity index (χ0n) is 22.1. The zero-order valence-corrected chi connectivity index (χ0v) is 22.9. The van der Waals surface area contributed by atoms with E-state index in [1.54, 1.807) is 35.2 Å². The fraction of sp³-hybridized carbons (Fsp3) is 0.290. The van der Waals surface area contributed by atoms with Crippen LogP contribution in [-0.2, 0) is 22.6 Å². The molecule has 0 fully saturated rings. The van der Waals surface area contributed by atoms with Crippen LogP contribution in [0.5, 0.6) is 0 Å². The Labute approximate surface area is 233 Å². The number of fused-ring (bicyclic) bond motifs is 1. The Kier molecular flexibility index (Phi) is 9.15. The zero-order chi connectivity index (χ0) is 27.9. The normalized spacial score (nSPS) is 13.4. The first-order chi connectivity index (χ1) is 18.8. The summed E-state index contributed by atoms with van der Waals surface area (Å²) < 4.78 is 0. The van der Waals surface area contributed by atoms with Crippen molar-refractivity contribution in [2.24, 2.45) is 0 Å². The third kappa shape index (κ3) is 6.73. The van der Waals surface area contributed by atoms with Gasteiger partial charge in [-0.2, -0.15) is 0 Å². The van der Waals surface area contributed by atoms with Crippen molar-refractivity contribution in [1.82, 2.24) is 15.1 Å². The minimum Gasteiger partial charge on any atom is -0.352 e. The molecule has 1 aliphatic heterocycles. The summed E-state index contributed by atoms with van der Waals surface area (Å²) in [5.74, 6) is -1.22. The summed E-state index contributed by atoms with van der Waals surface area (Å²) in [6.07, 6.45) is 0.652. The SMILES string of the molecule is CC(C)NC(=O)C(Cc1ccccc1)N(Cc1ccccc1Cl)C(=O)CCCN1C(=O)c2ccccc2C1=O. The second kappa shape index (κ2) is 12.7. The second-order valence-corrected chi connectivity index (χ2v) is 10.3. The van der Waals surface area contributed by atoms with Crippen LogP contribution in [0.15, 0.2) is 78.9 Å². The summed E-state index contributed by atoms with van der Waals surface area (Å²) >= 11 is 6.45. The van der Waals surface area contributed by atoms with E-state index in [0.717, 1.165) is 11.1 Å². The molecule has 0 aromatic heterocycles. The number of imide groups is 1. The molecule has 7 nitrogen and oxygen atoms in total. The Morgan fingerprint density at radius 1 is 0.872 bits per heavy atom. The Hall–Kier alpha value is -3.97. The number of halogens is 1. The van der Waals surface area contributed by atoms with Crippen molar-refractivity contribution in [3.63, 3.8) is 0 Å². The molecule has 4 amide bonds. The van der Waals surface area contributed by atoms with Gasteiger partial charge in [-0.1, -0.05) is 72.3 Å². The van der Waals surface area contributed by atoms with Crippen LogP contribution >= 0.6 is 11.6 Å². The van der Waals surface area contributed by atoms with Gasteiger partial charge in [0.1, 0.15) is 6.04 Å². The molecule has 1 atom stereocenters. The minimum absolute atomic E-state index is 0.0537. The lowest BCUT2D eigenvalue weighted by Gasteiger charge is -2.32. The third-order valence-corrected chi connectivity index (χ3v) is 7.02. The van der Waals surface area contributed by atoms with E-state index in [0.29, 0.717) is 22.6 Å². The first-order valence-corrected chi connectivity index (χ1v) is 13.5. The second-order valence-electron chi connectivity index (χ2n) is 9.89. The summed E-state index contributed by atoms with van der Waals surface area (Å²) in [7, 11) is 0. The van der Waals surface area contributed by atoms with Gasteiger partial charge < -0.3 is 10.2 Å². The Morgan fingerprint density at radius 2 is 1.46 bits per heavy atom. The van der Waals surface area contributed by atoms with Gasteiger partial charge in [-0.05, 0) is 49.6 Å². The van der Waals surface area contributed by atoms with Gasteiger partial charge in [-0.3, -0.25) is 24.1 Å². The molecule has 1 heterocycles. The lowest BCUT2D eigenvalue weighted by atomic mass is 10.0. The highest BCUT2D eigenvalue weighted by atomic mass is 35.5. The van der Waals surface area contributed by atoms with E-state index in [-0.39, 0.29) is 55.6 Å². The van der Waals surface area contributed by atoms with Crippen molar-refractivity contribution in [3.8, 4) is 0 Å². The fourth-order valence-corrected chi connectivity index (χ4v) is 4.91. The Morgan fingerprint density at radius 3 is 2.08 bits per heavy atom. The van der Waals surface area contributed by atoms with Crippen LogP contribution in [0.25, 0.3) is 0 Å². The van der Waals surface area contributed by atoms with Crippen LogP contribution in [0.3, 0.4) is 0 Å². The highest BCUT2D eigenvalue weighted by molar-refractivity contribution is 6.31. The van der Waals surface area contributed by atoms with E-state index >= 15 is 0 Å². The molecule has 0 saturated carbocycles. The van der Waals surface area contributed by atoms with Gasteiger partial charge in [0.25, 0.3) is 11.8 Å². The number of hydrogen-bond donors (Lipinski definition) is 1. The van der Waals surface area contributed by atoms with E-state index in [9.17, 15) is 19.2 Å². The van der Waals surface area contributed by atoms with Gasteiger partial charge in [0.15, 0.2) is 0 Å². The summed E-state index contributed by atoms with van der Waals surface area (Å²) in [6, 6.07) is 22.6. The number of hydrogen-bond acceptors (Lipinski definition) is 4. The standard InChI is InChI=1S/C31H32ClN3O4/c1-21(2)33-29(37)27(19-22-11-4-3-5-12-22)35(20-23-13-6-9-16-26(23)32)28(36)17-10-18-34-30(38)24-14-7-8-15-25(24)31(34)39/h3-9,11-16,21,27H,10,17-20H2,1-2H3,(H,33,37). The molecular formula is C31H32ClN3O4. The molecule has 4 rings (SSSR count). The number of amides is 4. The lowest BCUT2D eigenvalue weighted by Crippen LogP contribution is -2.51. The summed E-state index contributed by atoms with van der Waals surface area (Å²) in [5.41, 5.74) is 2.40. The first kappa shape index (κ1) is 28.0.